The molecular formula is C20H25N5O3. The number of amides is 3. The fourth-order valence-corrected chi connectivity index (χ4v) is 4.63. The summed E-state index contributed by atoms with van der Waals surface area (Å²) in [5, 5.41) is 5.68. The van der Waals surface area contributed by atoms with Crippen molar-refractivity contribution < 1.29 is 14.4 Å². The van der Waals surface area contributed by atoms with Crippen molar-refractivity contribution in [2.45, 2.75) is 31.5 Å². The summed E-state index contributed by atoms with van der Waals surface area (Å²) in [4.78, 5) is 42.9. The number of carbonyl (C=O) groups excluding carboxylic acids is 3. The third kappa shape index (κ3) is 2.97. The van der Waals surface area contributed by atoms with Crippen LogP contribution in [0.3, 0.4) is 0 Å². The largest absolute Gasteiger partial charge is 0.369 e. The normalized spacial score (nSPS) is 26.3. The smallest absolute Gasteiger partial charge is 0.255 e. The Bertz CT molecular complexity index is 829. The molecule has 0 radical (unpaired) electrons. The minimum Gasteiger partial charge on any atom is -0.369 e. The predicted octanol–water partition coefficient (Wildman–Crippen LogP) is -0.459. The summed E-state index contributed by atoms with van der Waals surface area (Å²) < 4.78 is 0. The molecule has 28 heavy (non-hydrogen) atoms. The zero-order valence-corrected chi connectivity index (χ0v) is 15.8. The number of hydrogen-bond acceptors (Lipinski definition) is 6. The first-order valence-electron chi connectivity index (χ1n) is 10.1. The van der Waals surface area contributed by atoms with Gasteiger partial charge in [-0.25, -0.2) is 0 Å². The standard InChI is InChI=1S/C20H25N5O3/c26-18-4-3-17(19(27)22-18)25-12-13-9-14(1-2-16(13)20(25)28)23-5-7-24(8-6-23)15-10-21-11-15/h1-2,9,15,17,21H,3-8,10-12H2,(H,22,26,27). The molecule has 0 aliphatic carbocycles. The van der Waals surface area contributed by atoms with E-state index in [0.717, 1.165) is 50.5 Å². The van der Waals surface area contributed by atoms with Crippen LogP contribution in [-0.2, 0) is 16.1 Å². The molecule has 8 nitrogen and oxygen atoms in total. The van der Waals surface area contributed by atoms with Gasteiger partial charge in [-0.15, -0.1) is 0 Å². The summed E-state index contributed by atoms with van der Waals surface area (Å²) in [5.74, 6) is -0.734. The van der Waals surface area contributed by atoms with Crippen molar-refractivity contribution in [3.63, 3.8) is 0 Å². The van der Waals surface area contributed by atoms with E-state index in [-0.39, 0.29) is 24.1 Å². The van der Waals surface area contributed by atoms with Gasteiger partial charge in [-0.2, -0.15) is 0 Å². The highest BCUT2D eigenvalue weighted by Gasteiger charge is 2.39. The molecule has 3 fully saturated rings. The molecule has 3 saturated heterocycles. The molecule has 4 aliphatic heterocycles. The summed E-state index contributed by atoms with van der Waals surface area (Å²) in [6.07, 6.45) is 0.678. The van der Waals surface area contributed by atoms with Crippen LogP contribution >= 0.6 is 0 Å². The zero-order valence-electron chi connectivity index (χ0n) is 15.8. The van der Waals surface area contributed by atoms with Crippen LogP contribution in [0.15, 0.2) is 18.2 Å². The Balaban J connectivity index is 1.28. The fourth-order valence-electron chi connectivity index (χ4n) is 4.63. The molecule has 0 bridgehead atoms. The monoisotopic (exact) mass is 383 g/mol. The molecule has 1 unspecified atom stereocenters. The van der Waals surface area contributed by atoms with E-state index in [9.17, 15) is 14.4 Å². The summed E-state index contributed by atoms with van der Waals surface area (Å²) in [7, 11) is 0. The maximum absolute atomic E-state index is 12.8. The van der Waals surface area contributed by atoms with Gasteiger partial charge in [0.15, 0.2) is 0 Å². The van der Waals surface area contributed by atoms with E-state index in [1.165, 1.54) is 0 Å². The lowest BCUT2D eigenvalue weighted by Gasteiger charge is -2.44. The van der Waals surface area contributed by atoms with Crippen molar-refractivity contribution in [2.24, 2.45) is 0 Å². The van der Waals surface area contributed by atoms with Crippen LogP contribution in [-0.4, -0.2) is 78.9 Å². The number of imide groups is 1. The third-order valence-electron chi connectivity index (χ3n) is 6.46. The molecule has 8 heteroatoms. The second-order valence-electron chi connectivity index (χ2n) is 8.08. The first-order chi connectivity index (χ1) is 13.6. The molecule has 2 N–H and O–H groups in total. The number of rotatable bonds is 3. The number of nitrogens with one attached hydrogen (secondary N) is 2. The molecule has 0 aromatic heterocycles. The number of anilines is 1. The lowest BCUT2D eigenvalue weighted by Crippen LogP contribution is -2.61. The van der Waals surface area contributed by atoms with Gasteiger partial charge in [-0.1, -0.05) is 0 Å². The molecule has 0 spiro atoms. The van der Waals surface area contributed by atoms with Gasteiger partial charge in [-0.3, -0.25) is 24.6 Å². The number of fused-ring (bicyclic) bond motifs is 1. The maximum atomic E-state index is 12.8. The topological polar surface area (TPSA) is 85.0 Å². The van der Waals surface area contributed by atoms with Crippen molar-refractivity contribution in [2.75, 3.05) is 44.2 Å². The van der Waals surface area contributed by atoms with E-state index >= 15 is 0 Å². The van der Waals surface area contributed by atoms with Crippen molar-refractivity contribution in [3.05, 3.63) is 29.3 Å². The van der Waals surface area contributed by atoms with Crippen LogP contribution in [0.4, 0.5) is 5.69 Å². The highest BCUT2D eigenvalue weighted by molar-refractivity contribution is 6.05. The molecule has 1 atom stereocenters. The molecule has 1 aromatic carbocycles. The summed E-state index contributed by atoms with van der Waals surface area (Å²) >= 11 is 0. The number of hydrogen-bond donors (Lipinski definition) is 2. The minimum atomic E-state index is -0.555. The molecule has 1 aromatic rings. The SMILES string of the molecule is O=C1CCC(N2Cc3cc(N4CCN(C5CNC5)CC4)ccc3C2=O)C(=O)N1. The van der Waals surface area contributed by atoms with Crippen LogP contribution < -0.4 is 15.5 Å². The summed E-state index contributed by atoms with van der Waals surface area (Å²) in [6, 6.07) is 6.13. The van der Waals surface area contributed by atoms with E-state index < -0.39 is 6.04 Å². The average Bonchev–Trinajstić information content (AvgIpc) is 2.97. The zero-order chi connectivity index (χ0) is 19.3. The van der Waals surface area contributed by atoms with Gasteiger partial charge in [0, 0.05) is 69.5 Å². The van der Waals surface area contributed by atoms with E-state index in [0.29, 0.717) is 24.6 Å². The molecule has 0 saturated carbocycles. The fraction of sp³-hybridized carbons (Fsp3) is 0.550. The van der Waals surface area contributed by atoms with Crippen molar-refractivity contribution in [1.82, 2.24) is 20.4 Å². The van der Waals surface area contributed by atoms with E-state index in [2.05, 4.69) is 26.5 Å². The third-order valence-corrected chi connectivity index (χ3v) is 6.46. The lowest BCUT2D eigenvalue weighted by molar-refractivity contribution is -0.136. The van der Waals surface area contributed by atoms with Crippen molar-refractivity contribution in [1.29, 1.82) is 0 Å². The maximum Gasteiger partial charge on any atom is 0.255 e. The summed E-state index contributed by atoms with van der Waals surface area (Å²) in [5.41, 5.74) is 2.79. The van der Waals surface area contributed by atoms with Gasteiger partial charge >= 0.3 is 0 Å². The van der Waals surface area contributed by atoms with Crippen molar-refractivity contribution >= 4 is 23.4 Å². The predicted molar refractivity (Wildman–Crippen MR) is 103 cm³/mol. The van der Waals surface area contributed by atoms with Gasteiger partial charge in [0.25, 0.3) is 5.91 Å². The molecule has 4 aliphatic rings. The highest BCUT2D eigenvalue weighted by Crippen LogP contribution is 2.31. The highest BCUT2D eigenvalue weighted by atomic mass is 16.2. The van der Waals surface area contributed by atoms with Crippen LogP contribution in [0.25, 0.3) is 0 Å². The van der Waals surface area contributed by atoms with Crippen LogP contribution in [0.1, 0.15) is 28.8 Å². The first-order valence-corrected chi connectivity index (χ1v) is 10.1. The Morgan fingerprint density at radius 3 is 2.46 bits per heavy atom. The number of carbonyl (C=O) groups is 3. The van der Waals surface area contributed by atoms with Gasteiger partial charge in [0.05, 0.1) is 0 Å². The van der Waals surface area contributed by atoms with Crippen LogP contribution in [0.5, 0.6) is 0 Å². The van der Waals surface area contributed by atoms with Crippen molar-refractivity contribution in [3.8, 4) is 0 Å². The number of nitrogens with zero attached hydrogens (tertiary/aromatic N) is 3. The first kappa shape index (κ1) is 17.6. The Kier molecular flexibility index (Phi) is 4.32. The Morgan fingerprint density at radius 1 is 1.00 bits per heavy atom. The van der Waals surface area contributed by atoms with Gasteiger partial charge < -0.3 is 15.1 Å². The average molecular weight is 383 g/mol. The van der Waals surface area contributed by atoms with E-state index in [4.69, 9.17) is 0 Å². The van der Waals surface area contributed by atoms with Crippen LogP contribution in [0, 0.1) is 0 Å². The number of piperidine rings is 1. The van der Waals surface area contributed by atoms with E-state index in [1.54, 1.807) is 4.90 Å². The second-order valence-corrected chi connectivity index (χ2v) is 8.08. The number of piperazine rings is 1. The molecule has 148 valence electrons. The minimum absolute atomic E-state index is 0.113. The lowest BCUT2D eigenvalue weighted by atomic mass is 10.0. The Morgan fingerprint density at radius 2 is 1.79 bits per heavy atom. The van der Waals surface area contributed by atoms with Gasteiger partial charge in [0.2, 0.25) is 11.8 Å². The molecular weight excluding hydrogens is 358 g/mol. The van der Waals surface area contributed by atoms with Gasteiger partial charge in [0.1, 0.15) is 6.04 Å². The molecule has 3 amide bonds. The van der Waals surface area contributed by atoms with Crippen LogP contribution in [0.2, 0.25) is 0 Å². The van der Waals surface area contributed by atoms with E-state index in [1.807, 2.05) is 12.1 Å². The number of benzene rings is 1. The summed E-state index contributed by atoms with van der Waals surface area (Å²) in [6.45, 7) is 6.71. The quantitative estimate of drug-likeness (QED) is 0.688. The van der Waals surface area contributed by atoms with Gasteiger partial charge in [-0.05, 0) is 30.2 Å². The molecule has 4 heterocycles. The molecule has 5 rings (SSSR count). The Hall–Kier alpha value is -2.45. The second kappa shape index (κ2) is 6.86. The Labute approximate surface area is 163 Å².